The molecule has 0 aliphatic carbocycles. The van der Waals surface area contributed by atoms with Gasteiger partial charge in [-0.25, -0.2) is 0 Å². The van der Waals surface area contributed by atoms with Crippen LogP contribution >= 0.6 is 0 Å². The summed E-state index contributed by atoms with van der Waals surface area (Å²) in [5.41, 5.74) is 4.06. The molecule has 1 fully saturated rings. The second-order valence-corrected chi connectivity index (χ2v) is 9.39. The van der Waals surface area contributed by atoms with Gasteiger partial charge < -0.3 is 14.8 Å². The molecule has 0 spiro atoms. The van der Waals surface area contributed by atoms with Crippen LogP contribution in [-0.2, 0) is 24.3 Å². The summed E-state index contributed by atoms with van der Waals surface area (Å²) in [5.74, 6) is 2.17. The van der Waals surface area contributed by atoms with Gasteiger partial charge in [0.2, 0.25) is 5.91 Å². The third kappa shape index (κ3) is 5.15. The number of aryl methyl sites for hydroxylation is 2. The Labute approximate surface area is 185 Å². The van der Waals surface area contributed by atoms with Crippen LogP contribution < -0.4 is 5.32 Å². The monoisotopic (exact) mass is 424 g/mol. The van der Waals surface area contributed by atoms with E-state index in [-0.39, 0.29) is 17.9 Å². The maximum Gasteiger partial charge on any atom is 0.223 e. The third-order valence-electron chi connectivity index (χ3n) is 6.88. The highest BCUT2D eigenvalue weighted by Gasteiger charge is 2.27. The standard InChI is InChI=1S/C24H36N6O/c1-17-5-6-18(2)21(15-17)16-29-12-9-22-26-27-23(30(22)14-13-29)19(3)25-24(31)20-7-10-28(4)11-8-20/h5-6,15,19-20H,7-14,16H2,1-4H3,(H,25,31). The highest BCUT2D eigenvalue weighted by molar-refractivity contribution is 5.79. The van der Waals surface area contributed by atoms with E-state index in [0.717, 1.165) is 70.2 Å². The Balaban J connectivity index is 1.38. The third-order valence-corrected chi connectivity index (χ3v) is 6.88. The van der Waals surface area contributed by atoms with E-state index in [1.165, 1.54) is 16.7 Å². The van der Waals surface area contributed by atoms with Gasteiger partial charge in [0.05, 0.1) is 6.04 Å². The number of hydrogen-bond acceptors (Lipinski definition) is 5. The van der Waals surface area contributed by atoms with Crippen molar-refractivity contribution >= 4 is 5.91 Å². The zero-order valence-electron chi connectivity index (χ0n) is 19.4. The van der Waals surface area contributed by atoms with E-state index in [1.54, 1.807) is 0 Å². The molecule has 31 heavy (non-hydrogen) atoms. The molecule has 1 atom stereocenters. The van der Waals surface area contributed by atoms with E-state index in [2.05, 4.69) is 69.0 Å². The first-order chi connectivity index (χ1) is 14.9. The summed E-state index contributed by atoms with van der Waals surface area (Å²) in [5, 5.41) is 12.1. The summed E-state index contributed by atoms with van der Waals surface area (Å²) in [6.07, 6.45) is 2.74. The molecular weight excluding hydrogens is 388 g/mol. The molecule has 1 saturated heterocycles. The summed E-state index contributed by atoms with van der Waals surface area (Å²) in [7, 11) is 2.12. The lowest BCUT2D eigenvalue weighted by Gasteiger charge is -2.29. The molecular formula is C24H36N6O. The predicted molar refractivity (Wildman–Crippen MR) is 122 cm³/mol. The van der Waals surface area contributed by atoms with Crippen molar-refractivity contribution in [2.45, 2.75) is 59.2 Å². The molecule has 0 bridgehead atoms. The van der Waals surface area contributed by atoms with Gasteiger partial charge >= 0.3 is 0 Å². The van der Waals surface area contributed by atoms with Crippen molar-refractivity contribution in [1.29, 1.82) is 0 Å². The molecule has 1 aromatic carbocycles. The summed E-state index contributed by atoms with van der Waals surface area (Å²) >= 11 is 0. The SMILES string of the molecule is Cc1ccc(C)c(CN2CCc3nnc(C(C)NC(=O)C4CCN(C)CC4)n3CC2)c1. The number of amides is 1. The van der Waals surface area contributed by atoms with Gasteiger partial charge in [-0.3, -0.25) is 9.69 Å². The molecule has 1 aromatic heterocycles. The van der Waals surface area contributed by atoms with Crippen molar-refractivity contribution < 1.29 is 4.79 Å². The van der Waals surface area contributed by atoms with Crippen LogP contribution in [0.3, 0.4) is 0 Å². The molecule has 1 amide bonds. The van der Waals surface area contributed by atoms with Crippen LogP contribution in [0, 0.1) is 19.8 Å². The largest absolute Gasteiger partial charge is 0.346 e. The highest BCUT2D eigenvalue weighted by Crippen LogP contribution is 2.21. The lowest BCUT2D eigenvalue weighted by molar-refractivity contribution is -0.127. The molecule has 7 nitrogen and oxygen atoms in total. The van der Waals surface area contributed by atoms with Crippen molar-refractivity contribution in [1.82, 2.24) is 29.9 Å². The summed E-state index contributed by atoms with van der Waals surface area (Å²) in [4.78, 5) is 17.6. The first-order valence-corrected chi connectivity index (χ1v) is 11.6. The van der Waals surface area contributed by atoms with Gasteiger partial charge in [0.1, 0.15) is 5.82 Å². The Morgan fingerprint density at radius 2 is 1.90 bits per heavy atom. The van der Waals surface area contributed by atoms with Gasteiger partial charge in [-0.2, -0.15) is 0 Å². The number of benzene rings is 1. The van der Waals surface area contributed by atoms with Gasteiger partial charge in [0, 0.05) is 38.5 Å². The smallest absolute Gasteiger partial charge is 0.223 e. The number of fused-ring (bicyclic) bond motifs is 1. The Morgan fingerprint density at radius 3 is 2.68 bits per heavy atom. The van der Waals surface area contributed by atoms with E-state index < -0.39 is 0 Å². The zero-order valence-corrected chi connectivity index (χ0v) is 19.4. The second-order valence-electron chi connectivity index (χ2n) is 9.39. The molecule has 0 radical (unpaired) electrons. The fourth-order valence-corrected chi connectivity index (χ4v) is 4.75. The lowest BCUT2D eigenvalue weighted by atomic mass is 9.96. The van der Waals surface area contributed by atoms with Crippen molar-refractivity contribution in [3.63, 3.8) is 0 Å². The van der Waals surface area contributed by atoms with Crippen LogP contribution in [0.15, 0.2) is 18.2 Å². The Hall–Kier alpha value is -2.25. The second kappa shape index (κ2) is 9.49. The average molecular weight is 425 g/mol. The van der Waals surface area contributed by atoms with Gasteiger partial charge in [-0.05, 0) is 64.9 Å². The van der Waals surface area contributed by atoms with Crippen LogP contribution in [0.4, 0.5) is 0 Å². The normalized spacial score (nSPS) is 19.6. The summed E-state index contributed by atoms with van der Waals surface area (Å²) in [6.45, 7) is 12.1. The number of hydrogen-bond donors (Lipinski definition) is 1. The lowest BCUT2D eigenvalue weighted by Crippen LogP contribution is -2.40. The minimum Gasteiger partial charge on any atom is -0.346 e. The molecule has 3 heterocycles. The highest BCUT2D eigenvalue weighted by atomic mass is 16.2. The maximum absolute atomic E-state index is 12.8. The minimum absolute atomic E-state index is 0.109. The Kier molecular flexibility index (Phi) is 6.72. The number of piperidine rings is 1. The maximum atomic E-state index is 12.8. The quantitative estimate of drug-likeness (QED) is 0.799. The fraction of sp³-hybridized carbons (Fsp3) is 0.625. The number of likely N-dealkylation sites (tertiary alicyclic amines) is 1. The van der Waals surface area contributed by atoms with E-state index >= 15 is 0 Å². The van der Waals surface area contributed by atoms with Gasteiger partial charge in [0.15, 0.2) is 5.82 Å². The number of carbonyl (C=O) groups excluding carboxylic acids is 1. The van der Waals surface area contributed by atoms with E-state index in [9.17, 15) is 4.79 Å². The minimum atomic E-state index is -0.126. The molecule has 2 aliphatic rings. The summed E-state index contributed by atoms with van der Waals surface area (Å²) in [6, 6.07) is 6.56. The molecule has 2 aliphatic heterocycles. The molecule has 1 unspecified atom stereocenters. The number of carbonyl (C=O) groups is 1. The number of nitrogens with zero attached hydrogens (tertiary/aromatic N) is 5. The van der Waals surface area contributed by atoms with Crippen LogP contribution in [0.5, 0.6) is 0 Å². The zero-order chi connectivity index (χ0) is 22.0. The first-order valence-electron chi connectivity index (χ1n) is 11.6. The van der Waals surface area contributed by atoms with Crippen LogP contribution in [0.2, 0.25) is 0 Å². The molecule has 4 rings (SSSR count). The Bertz CT molecular complexity index is 915. The van der Waals surface area contributed by atoms with Gasteiger partial charge in [-0.15, -0.1) is 10.2 Å². The van der Waals surface area contributed by atoms with Crippen LogP contribution in [-0.4, -0.2) is 63.7 Å². The molecule has 0 saturated carbocycles. The molecule has 2 aromatic rings. The summed E-state index contributed by atoms with van der Waals surface area (Å²) < 4.78 is 2.22. The van der Waals surface area contributed by atoms with E-state index in [0.29, 0.717) is 0 Å². The molecule has 7 heteroatoms. The fourth-order valence-electron chi connectivity index (χ4n) is 4.75. The van der Waals surface area contributed by atoms with E-state index in [4.69, 9.17) is 0 Å². The van der Waals surface area contributed by atoms with E-state index in [1.807, 2.05) is 6.92 Å². The molecule has 168 valence electrons. The predicted octanol–water partition coefficient (Wildman–Crippen LogP) is 2.47. The van der Waals surface area contributed by atoms with Gasteiger partial charge in [0.25, 0.3) is 0 Å². The van der Waals surface area contributed by atoms with Crippen molar-refractivity contribution in [3.05, 3.63) is 46.5 Å². The number of nitrogens with one attached hydrogen (secondary N) is 1. The topological polar surface area (TPSA) is 66.3 Å². The van der Waals surface area contributed by atoms with Crippen LogP contribution in [0.25, 0.3) is 0 Å². The van der Waals surface area contributed by atoms with Crippen molar-refractivity contribution in [2.24, 2.45) is 5.92 Å². The first kappa shape index (κ1) is 22.0. The number of rotatable bonds is 5. The van der Waals surface area contributed by atoms with Crippen molar-refractivity contribution in [2.75, 3.05) is 33.2 Å². The Morgan fingerprint density at radius 1 is 1.13 bits per heavy atom. The average Bonchev–Trinajstić information content (AvgIpc) is 3.05. The van der Waals surface area contributed by atoms with Crippen LogP contribution in [0.1, 0.15) is 54.1 Å². The molecule has 1 N–H and O–H groups in total. The van der Waals surface area contributed by atoms with Gasteiger partial charge in [-0.1, -0.05) is 23.8 Å². The van der Waals surface area contributed by atoms with Crippen molar-refractivity contribution in [3.8, 4) is 0 Å². The number of aromatic nitrogens is 3.